The summed E-state index contributed by atoms with van der Waals surface area (Å²) in [6.07, 6.45) is -1.89. The molecule has 0 fully saturated rings. The minimum atomic E-state index is -1.67. The molecule has 1 aromatic carbocycles. The Kier molecular flexibility index (Phi) is 18.7. The number of rotatable bonds is 20. The largest absolute Gasteiger partial charge is 0.461 e. The number of benzene rings is 1. The summed E-state index contributed by atoms with van der Waals surface area (Å²) < 4.78 is 26.1. The fourth-order valence-corrected chi connectivity index (χ4v) is 4.10. The molecule has 0 spiro atoms. The molecule has 280 valence electrons. The van der Waals surface area contributed by atoms with Crippen molar-refractivity contribution >= 4 is 41.5 Å². The van der Waals surface area contributed by atoms with Crippen LogP contribution in [0, 0.1) is 0 Å². The lowest BCUT2D eigenvalue weighted by atomic mass is 10.1. The molecule has 16 heteroatoms. The summed E-state index contributed by atoms with van der Waals surface area (Å²) in [5.74, 6) is -5.95. The van der Waals surface area contributed by atoms with Crippen molar-refractivity contribution in [3.8, 4) is 0 Å². The normalized spacial score (nSPS) is 13.1. The monoisotopic (exact) mass is 708 g/mol. The smallest absolute Gasteiger partial charge is 0.308 e. The van der Waals surface area contributed by atoms with Crippen molar-refractivity contribution in [1.29, 1.82) is 0 Å². The molecule has 3 atom stereocenters. The van der Waals surface area contributed by atoms with Crippen LogP contribution < -0.4 is 21.3 Å². The summed E-state index contributed by atoms with van der Waals surface area (Å²) in [6.45, 7) is 11.5. The number of nitrogens with one attached hydrogen (secondary N) is 4. The predicted molar refractivity (Wildman–Crippen MR) is 179 cm³/mol. The van der Waals surface area contributed by atoms with Crippen LogP contribution >= 0.6 is 0 Å². The molecule has 0 radical (unpaired) electrons. The van der Waals surface area contributed by atoms with Crippen molar-refractivity contribution in [3.63, 3.8) is 0 Å². The molecule has 0 unspecified atom stereocenters. The Morgan fingerprint density at radius 3 is 1.60 bits per heavy atom. The molecule has 50 heavy (non-hydrogen) atoms. The maximum absolute atomic E-state index is 13.7. The van der Waals surface area contributed by atoms with Gasteiger partial charge in [0.15, 0.2) is 0 Å². The summed E-state index contributed by atoms with van der Waals surface area (Å²) in [5, 5.41) is 9.70. The molecule has 4 N–H and O–H groups in total. The van der Waals surface area contributed by atoms with Crippen LogP contribution in [0.15, 0.2) is 30.3 Å². The first-order valence-electron chi connectivity index (χ1n) is 16.1. The molecular weight excluding hydrogens is 656 g/mol. The van der Waals surface area contributed by atoms with Crippen molar-refractivity contribution in [2.45, 2.75) is 104 Å². The van der Waals surface area contributed by atoms with E-state index < -0.39 is 90.1 Å². The molecule has 1 aromatic rings. The average Bonchev–Trinajstić information content (AvgIpc) is 2.99. The van der Waals surface area contributed by atoms with Gasteiger partial charge in [0.1, 0.15) is 35.9 Å². The SMILES string of the molecule is COCCOCCNC(=O)[C@H](CC(=O)OC(C)(C)C)NC(=O)[C@H](CC(=O)OC(C)(C)C)NC(=O)[C@@H](CC(=O)OCc1ccccc1)NC(C)=O. The zero-order chi connectivity index (χ0) is 37.9. The van der Waals surface area contributed by atoms with E-state index in [0.29, 0.717) is 12.2 Å². The number of ether oxygens (including phenoxy) is 5. The average molecular weight is 709 g/mol. The van der Waals surface area contributed by atoms with Gasteiger partial charge in [-0.15, -0.1) is 0 Å². The Bertz CT molecular complexity index is 1290. The first-order valence-corrected chi connectivity index (χ1v) is 16.1. The fourth-order valence-electron chi connectivity index (χ4n) is 4.10. The molecule has 0 aliphatic carbocycles. The maximum atomic E-state index is 13.7. The highest BCUT2D eigenvalue weighted by molar-refractivity contribution is 5.97. The Morgan fingerprint density at radius 1 is 0.640 bits per heavy atom. The van der Waals surface area contributed by atoms with Gasteiger partial charge in [-0.1, -0.05) is 30.3 Å². The van der Waals surface area contributed by atoms with Crippen LogP contribution in [-0.4, -0.2) is 104 Å². The third kappa shape index (κ3) is 20.1. The highest BCUT2D eigenvalue weighted by Gasteiger charge is 2.34. The second kappa shape index (κ2) is 21.5. The maximum Gasteiger partial charge on any atom is 0.308 e. The lowest BCUT2D eigenvalue weighted by Gasteiger charge is -2.26. The van der Waals surface area contributed by atoms with Gasteiger partial charge in [-0.2, -0.15) is 0 Å². The molecule has 0 heterocycles. The molecule has 0 aliphatic heterocycles. The fraction of sp³-hybridized carbons (Fsp3) is 0.618. The van der Waals surface area contributed by atoms with E-state index in [2.05, 4.69) is 21.3 Å². The van der Waals surface area contributed by atoms with Gasteiger partial charge in [-0.25, -0.2) is 0 Å². The minimum Gasteiger partial charge on any atom is -0.461 e. The molecule has 0 saturated heterocycles. The zero-order valence-electron chi connectivity index (χ0n) is 30.2. The van der Waals surface area contributed by atoms with E-state index in [0.717, 1.165) is 6.92 Å². The second-order valence-corrected chi connectivity index (χ2v) is 13.2. The van der Waals surface area contributed by atoms with Crippen molar-refractivity contribution in [2.75, 3.05) is 33.5 Å². The van der Waals surface area contributed by atoms with Crippen LogP contribution in [0.4, 0.5) is 0 Å². The Labute approximate surface area is 293 Å². The molecule has 0 aromatic heterocycles. The third-order valence-corrected chi connectivity index (χ3v) is 6.13. The number of amides is 4. The van der Waals surface area contributed by atoms with Crippen LogP contribution in [0.2, 0.25) is 0 Å². The molecule has 4 amide bonds. The topological polar surface area (TPSA) is 214 Å². The van der Waals surface area contributed by atoms with E-state index in [1.807, 2.05) is 0 Å². The van der Waals surface area contributed by atoms with Crippen LogP contribution in [0.1, 0.15) is 73.3 Å². The van der Waals surface area contributed by atoms with E-state index in [-0.39, 0.29) is 26.4 Å². The van der Waals surface area contributed by atoms with Gasteiger partial charge in [0.25, 0.3) is 0 Å². The van der Waals surface area contributed by atoms with Gasteiger partial charge in [0.05, 0.1) is 39.1 Å². The first kappa shape index (κ1) is 43.5. The van der Waals surface area contributed by atoms with Crippen LogP contribution in [-0.2, 0) is 63.9 Å². The Hall–Kier alpha value is -4.57. The van der Waals surface area contributed by atoms with Gasteiger partial charge < -0.3 is 45.0 Å². The molecule has 0 saturated carbocycles. The second-order valence-electron chi connectivity index (χ2n) is 13.2. The number of hydrogen-bond donors (Lipinski definition) is 4. The third-order valence-electron chi connectivity index (χ3n) is 6.13. The van der Waals surface area contributed by atoms with Gasteiger partial charge in [0.2, 0.25) is 23.6 Å². The summed E-state index contributed by atoms with van der Waals surface area (Å²) in [4.78, 5) is 90.4. The van der Waals surface area contributed by atoms with Crippen molar-refractivity contribution in [1.82, 2.24) is 21.3 Å². The Balaban J connectivity index is 3.22. The van der Waals surface area contributed by atoms with Gasteiger partial charge in [-0.3, -0.25) is 33.6 Å². The summed E-state index contributed by atoms with van der Waals surface area (Å²) in [6, 6.07) is 4.12. The van der Waals surface area contributed by atoms with Gasteiger partial charge in [0, 0.05) is 20.6 Å². The lowest BCUT2D eigenvalue weighted by molar-refractivity contribution is -0.158. The van der Waals surface area contributed by atoms with Crippen molar-refractivity contribution in [2.24, 2.45) is 0 Å². The van der Waals surface area contributed by atoms with Gasteiger partial charge in [-0.05, 0) is 47.1 Å². The predicted octanol–water partition coefficient (Wildman–Crippen LogP) is 0.837. The summed E-state index contributed by atoms with van der Waals surface area (Å²) in [7, 11) is 1.51. The Morgan fingerprint density at radius 2 is 1.12 bits per heavy atom. The van der Waals surface area contributed by atoms with Crippen molar-refractivity contribution in [3.05, 3.63) is 35.9 Å². The molecule has 0 aliphatic rings. The minimum absolute atomic E-state index is 0.0279. The van der Waals surface area contributed by atoms with E-state index in [1.165, 1.54) is 7.11 Å². The van der Waals surface area contributed by atoms with Crippen molar-refractivity contribution < 1.29 is 57.2 Å². The molecule has 1 rings (SSSR count). The first-order chi connectivity index (χ1) is 23.3. The number of esters is 3. The van der Waals surface area contributed by atoms with E-state index in [4.69, 9.17) is 23.7 Å². The molecular formula is C34H52N4O12. The number of methoxy groups -OCH3 is 1. The molecule has 16 nitrogen and oxygen atoms in total. The highest BCUT2D eigenvalue weighted by Crippen LogP contribution is 2.12. The van der Waals surface area contributed by atoms with E-state index >= 15 is 0 Å². The zero-order valence-corrected chi connectivity index (χ0v) is 30.2. The van der Waals surface area contributed by atoms with E-state index in [1.54, 1.807) is 71.9 Å². The molecule has 0 bridgehead atoms. The standard InChI is InChI=1S/C34H52N4O12/c1-22(39)36-25(18-27(40)48-21-23-12-10-9-11-13-23)31(44)38-26(20-29(42)50-34(5,6)7)32(45)37-24(19-28(41)49-33(2,3)4)30(43)35-14-15-47-17-16-46-8/h9-13,24-26H,14-21H2,1-8H3,(H,35,43)(H,36,39)(H,37,45)(H,38,44)/t24-,25+,26-/m0/s1. The lowest BCUT2D eigenvalue weighted by Crippen LogP contribution is -2.58. The van der Waals surface area contributed by atoms with Crippen LogP contribution in [0.25, 0.3) is 0 Å². The van der Waals surface area contributed by atoms with Crippen LogP contribution in [0.3, 0.4) is 0 Å². The number of carbonyl (C=O) groups excluding carboxylic acids is 7. The highest BCUT2D eigenvalue weighted by atomic mass is 16.6. The van der Waals surface area contributed by atoms with Gasteiger partial charge >= 0.3 is 17.9 Å². The number of hydrogen-bond acceptors (Lipinski definition) is 12. The quantitative estimate of drug-likeness (QED) is 0.0843. The van der Waals surface area contributed by atoms with E-state index in [9.17, 15) is 33.6 Å². The summed E-state index contributed by atoms with van der Waals surface area (Å²) in [5.41, 5.74) is -1.15. The van der Waals surface area contributed by atoms with Crippen LogP contribution in [0.5, 0.6) is 0 Å². The summed E-state index contributed by atoms with van der Waals surface area (Å²) >= 11 is 0. The number of carbonyl (C=O) groups is 7.